The molecule has 3 aliphatic heterocycles. The number of nitrogens with zero attached hydrogens (tertiary/aromatic N) is 5. The SMILES string of the molecule is O=C1CN(CCCO)C(=O)CCc2ccc(cc2)Oc2cccc(c2)CO[C@H]2CCN(C(=O)c3cn4cccnc4n3)C[C@@H]2N1. The van der Waals surface area contributed by atoms with Crippen LogP contribution in [-0.4, -0.2) is 91.9 Å². The summed E-state index contributed by atoms with van der Waals surface area (Å²) in [6, 6.07) is 16.5. The van der Waals surface area contributed by atoms with Gasteiger partial charge in [0.2, 0.25) is 17.6 Å². The molecule has 12 nitrogen and oxygen atoms in total. The van der Waals surface area contributed by atoms with E-state index < -0.39 is 6.04 Å². The van der Waals surface area contributed by atoms with Crippen LogP contribution in [0.1, 0.15) is 40.9 Å². The van der Waals surface area contributed by atoms with Crippen molar-refractivity contribution in [2.45, 2.75) is 44.4 Å². The van der Waals surface area contributed by atoms with E-state index >= 15 is 0 Å². The number of likely N-dealkylation sites (tertiary alicyclic amines) is 1. The molecule has 0 radical (unpaired) electrons. The fourth-order valence-electron chi connectivity index (χ4n) is 5.70. The van der Waals surface area contributed by atoms with E-state index in [9.17, 15) is 19.5 Å². The first-order valence-electron chi connectivity index (χ1n) is 15.2. The number of aryl methyl sites for hydroxylation is 1. The highest BCUT2D eigenvalue weighted by Gasteiger charge is 2.35. The molecular weight excluding hydrogens is 576 g/mol. The molecule has 0 aliphatic carbocycles. The Labute approximate surface area is 260 Å². The summed E-state index contributed by atoms with van der Waals surface area (Å²) in [5.41, 5.74) is 2.14. The van der Waals surface area contributed by atoms with E-state index in [1.54, 1.807) is 34.0 Å². The Hall–Kier alpha value is -4.81. The molecule has 45 heavy (non-hydrogen) atoms. The Morgan fingerprint density at radius 2 is 1.91 bits per heavy atom. The van der Waals surface area contributed by atoms with Crippen molar-refractivity contribution in [3.63, 3.8) is 0 Å². The predicted octanol–water partition coefficient (Wildman–Crippen LogP) is 2.59. The van der Waals surface area contributed by atoms with Crippen LogP contribution in [0.25, 0.3) is 5.78 Å². The van der Waals surface area contributed by atoms with Gasteiger partial charge >= 0.3 is 0 Å². The highest BCUT2D eigenvalue weighted by molar-refractivity contribution is 5.93. The van der Waals surface area contributed by atoms with Gasteiger partial charge in [0.15, 0.2) is 0 Å². The minimum absolute atomic E-state index is 0.0955. The van der Waals surface area contributed by atoms with Gasteiger partial charge in [-0.2, -0.15) is 0 Å². The molecule has 4 bridgehead atoms. The molecule has 1 fully saturated rings. The van der Waals surface area contributed by atoms with Gasteiger partial charge in [-0.05, 0) is 60.7 Å². The highest BCUT2D eigenvalue weighted by atomic mass is 16.5. The molecule has 1 saturated heterocycles. The number of amides is 3. The summed E-state index contributed by atoms with van der Waals surface area (Å²) >= 11 is 0. The molecule has 2 aromatic carbocycles. The van der Waals surface area contributed by atoms with Crippen LogP contribution in [0.15, 0.2) is 73.2 Å². The fraction of sp³-hybridized carbons (Fsp3) is 0.364. The van der Waals surface area contributed by atoms with Gasteiger partial charge in [-0.3, -0.25) is 18.8 Å². The molecule has 2 atom stereocenters. The third-order valence-electron chi connectivity index (χ3n) is 8.06. The molecule has 7 rings (SSSR count). The molecule has 3 amide bonds. The van der Waals surface area contributed by atoms with Crippen LogP contribution in [0.5, 0.6) is 11.5 Å². The maximum Gasteiger partial charge on any atom is 0.274 e. The lowest BCUT2D eigenvalue weighted by atomic mass is 10.0. The molecule has 12 heteroatoms. The maximum absolute atomic E-state index is 13.5. The van der Waals surface area contributed by atoms with Crippen molar-refractivity contribution in [3.05, 3.63) is 90.0 Å². The second-order valence-electron chi connectivity index (χ2n) is 11.3. The van der Waals surface area contributed by atoms with Gasteiger partial charge < -0.3 is 29.7 Å². The standard InChI is InChI=1S/C33H36N6O6/c40-17-3-15-37-21-30(41)35-27-19-38(32(43)28-20-39-14-2-13-34-33(39)36-28)16-12-29(27)44-22-24-4-1-5-26(18-24)45-25-9-6-23(7-10-25)8-11-31(37)42/h1-2,4-7,9-10,13-14,18,20,27,29,40H,3,8,11-12,15-17,19,21-22H2,(H,35,41)/t27-,29-/m0/s1. The van der Waals surface area contributed by atoms with Crippen LogP contribution in [0.3, 0.4) is 0 Å². The van der Waals surface area contributed by atoms with Gasteiger partial charge in [0, 0.05) is 51.3 Å². The van der Waals surface area contributed by atoms with Crippen LogP contribution in [0.4, 0.5) is 0 Å². The third kappa shape index (κ3) is 7.47. The summed E-state index contributed by atoms with van der Waals surface area (Å²) in [5.74, 6) is 0.975. The number of piperidine rings is 1. The van der Waals surface area contributed by atoms with Crippen molar-refractivity contribution in [3.8, 4) is 11.5 Å². The first kappa shape index (κ1) is 30.2. The number of rotatable bonds is 4. The summed E-state index contributed by atoms with van der Waals surface area (Å²) in [6.07, 6.45) is 6.20. The van der Waals surface area contributed by atoms with Gasteiger partial charge in [0.05, 0.1) is 25.3 Å². The van der Waals surface area contributed by atoms with Gasteiger partial charge in [-0.15, -0.1) is 0 Å². The largest absolute Gasteiger partial charge is 0.457 e. The Kier molecular flexibility index (Phi) is 9.32. The number of benzene rings is 2. The smallest absolute Gasteiger partial charge is 0.274 e. The lowest BCUT2D eigenvalue weighted by Crippen LogP contribution is -2.58. The Bertz CT molecular complexity index is 1620. The molecule has 2 N–H and O–H groups in total. The topological polar surface area (TPSA) is 139 Å². The maximum atomic E-state index is 13.5. The monoisotopic (exact) mass is 612 g/mol. The van der Waals surface area contributed by atoms with E-state index in [0.29, 0.717) is 43.1 Å². The van der Waals surface area contributed by atoms with Crippen molar-refractivity contribution >= 4 is 23.5 Å². The Morgan fingerprint density at radius 3 is 2.73 bits per heavy atom. The number of carbonyl (C=O) groups is 3. The van der Waals surface area contributed by atoms with Crippen molar-refractivity contribution in [1.82, 2.24) is 29.5 Å². The summed E-state index contributed by atoms with van der Waals surface area (Å²) in [4.78, 5) is 51.9. The average Bonchev–Trinajstić information content (AvgIpc) is 3.49. The summed E-state index contributed by atoms with van der Waals surface area (Å²) in [5, 5.41) is 12.5. The second kappa shape index (κ2) is 13.9. The van der Waals surface area contributed by atoms with Gasteiger partial charge in [0.25, 0.3) is 5.91 Å². The van der Waals surface area contributed by atoms with Gasteiger partial charge in [0.1, 0.15) is 17.2 Å². The Balaban J connectivity index is 1.24. The first-order chi connectivity index (χ1) is 21.9. The van der Waals surface area contributed by atoms with E-state index in [1.807, 2.05) is 48.5 Å². The summed E-state index contributed by atoms with van der Waals surface area (Å²) < 4.78 is 14.1. The minimum atomic E-state index is -0.531. The lowest BCUT2D eigenvalue weighted by Gasteiger charge is -2.38. The summed E-state index contributed by atoms with van der Waals surface area (Å²) in [6.45, 7) is 0.892. The highest BCUT2D eigenvalue weighted by Crippen LogP contribution is 2.25. The van der Waals surface area contributed by atoms with E-state index in [0.717, 1.165) is 11.1 Å². The first-order valence-corrected chi connectivity index (χ1v) is 15.2. The fourth-order valence-corrected chi connectivity index (χ4v) is 5.70. The van der Waals surface area contributed by atoms with E-state index in [2.05, 4.69) is 15.3 Å². The quantitative estimate of drug-likeness (QED) is 0.359. The van der Waals surface area contributed by atoms with Crippen LogP contribution in [0.2, 0.25) is 0 Å². The molecular formula is C33H36N6O6. The molecule has 4 aromatic rings. The number of imidazole rings is 1. The van der Waals surface area contributed by atoms with Crippen LogP contribution < -0.4 is 10.1 Å². The number of ether oxygens (including phenoxy) is 2. The molecule has 5 heterocycles. The normalized spacial score (nSPS) is 19.7. The zero-order chi connectivity index (χ0) is 31.2. The Morgan fingerprint density at radius 1 is 1.04 bits per heavy atom. The number of aromatic nitrogens is 3. The van der Waals surface area contributed by atoms with Gasteiger partial charge in [-0.1, -0.05) is 24.3 Å². The molecule has 3 aliphatic rings. The van der Waals surface area contributed by atoms with Crippen molar-refractivity contribution in [2.75, 3.05) is 32.8 Å². The van der Waals surface area contributed by atoms with Crippen LogP contribution >= 0.6 is 0 Å². The predicted molar refractivity (Wildman–Crippen MR) is 164 cm³/mol. The lowest BCUT2D eigenvalue weighted by molar-refractivity contribution is -0.137. The van der Waals surface area contributed by atoms with E-state index in [4.69, 9.17) is 9.47 Å². The molecule has 234 valence electrons. The van der Waals surface area contributed by atoms with Crippen LogP contribution in [-0.2, 0) is 27.4 Å². The molecule has 2 aromatic heterocycles. The zero-order valence-electron chi connectivity index (χ0n) is 24.9. The zero-order valence-corrected chi connectivity index (χ0v) is 24.9. The number of hydrogen-bond acceptors (Lipinski definition) is 8. The van der Waals surface area contributed by atoms with E-state index in [1.165, 1.54) is 4.90 Å². The van der Waals surface area contributed by atoms with Crippen molar-refractivity contribution in [2.24, 2.45) is 0 Å². The van der Waals surface area contributed by atoms with Crippen LogP contribution in [0, 0.1) is 0 Å². The number of fused-ring (bicyclic) bond motifs is 10. The van der Waals surface area contributed by atoms with Crippen molar-refractivity contribution < 1.29 is 29.0 Å². The second-order valence-corrected chi connectivity index (χ2v) is 11.3. The third-order valence-corrected chi connectivity index (χ3v) is 8.06. The molecule has 0 saturated carbocycles. The summed E-state index contributed by atoms with van der Waals surface area (Å²) in [7, 11) is 0. The van der Waals surface area contributed by atoms with E-state index in [-0.39, 0.29) is 68.8 Å². The minimum Gasteiger partial charge on any atom is -0.457 e. The molecule has 0 spiro atoms. The van der Waals surface area contributed by atoms with Gasteiger partial charge in [-0.25, -0.2) is 9.97 Å². The number of aliphatic hydroxyl groups excluding tert-OH is 1. The number of carbonyl (C=O) groups excluding carboxylic acids is 3. The number of hydrogen-bond donors (Lipinski definition) is 2. The molecule has 0 unspecified atom stereocenters. The average molecular weight is 613 g/mol. The van der Waals surface area contributed by atoms with Crippen molar-refractivity contribution in [1.29, 1.82) is 0 Å². The number of aliphatic hydroxyl groups is 1. The number of nitrogens with one attached hydrogen (secondary N) is 1.